The number of carbonyl (C=O) groups is 2. The van der Waals surface area contributed by atoms with Crippen LogP contribution in [0.2, 0.25) is 0 Å². The van der Waals surface area contributed by atoms with Gasteiger partial charge in [-0.15, -0.1) is 0 Å². The number of hydrogen-bond acceptors (Lipinski definition) is 5. The molecule has 3 N–H and O–H groups in total. The topological polar surface area (TPSA) is 90.6 Å². The molecule has 0 bridgehead atoms. The normalized spacial score (nSPS) is 9.85. The Labute approximate surface area is 118 Å². The highest BCUT2D eigenvalue weighted by molar-refractivity contribution is 5.77. The van der Waals surface area contributed by atoms with Gasteiger partial charge < -0.3 is 20.5 Å². The first kappa shape index (κ1) is 15.8. The van der Waals surface area contributed by atoms with Crippen LogP contribution in [0, 0.1) is 0 Å². The van der Waals surface area contributed by atoms with Gasteiger partial charge in [0.1, 0.15) is 5.75 Å². The van der Waals surface area contributed by atoms with E-state index in [0.29, 0.717) is 18.0 Å². The van der Waals surface area contributed by atoms with Gasteiger partial charge in [-0.3, -0.25) is 9.59 Å². The summed E-state index contributed by atoms with van der Waals surface area (Å²) in [7, 11) is 0. The molecule has 1 amide bonds. The third-order valence-electron chi connectivity index (χ3n) is 2.43. The maximum absolute atomic E-state index is 11.5. The van der Waals surface area contributed by atoms with E-state index in [0.717, 1.165) is 0 Å². The number of nitrogen functional groups attached to an aromatic ring is 1. The minimum absolute atomic E-state index is 0.162. The van der Waals surface area contributed by atoms with Crippen LogP contribution in [0.3, 0.4) is 0 Å². The van der Waals surface area contributed by atoms with Gasteiger partial charge in [0, 0.05) is 12.2 Å². The number of anilines is 1. The maximum atomic E-state index is 11.5. The van der Waals surface area contributed by atoms with E-state index in [2.05, 4.69) is 5.32 Å². The van der Waals surface area contributed by atoms with Crippen molar-refractivity contribution in [2.24, 2.45) is 0 Å². The first-order valence-electron chi connectivity index (χ1n) is 6.52. The van der Waals surface area contributed by atoms with Crippen LogP contribution in [-0.2, 0) is 14.3 Å². The predicted molar refractivity (Wildman–Crippen MR) is 75.2 cm³/mol. The van der Waals surface area contributed by atoms with Gasteiger partial charge in [-0.25, -0.2) is 0 Å². The lowest BCUT2D eigenvalue weighted by molar-refractivity contribution is -0.143. The summed E-state index contributed by atoms with van der Waals surface area (Å²) in [5.74, 6) is 0.189. The predicted octanol–water partition coefficient (Wildman–Crippen LogP) is 1.11. The first-order chi connectivity index (χ1) is 9.61. The molecule has 6 nitrogen and oxygen atoms in total. The smallest absolute Gasteiger partial charge is 0.307 e. The SMILES string of the molecule is CCOC(=O)CCNC(=O)CCOc1ccc(N)cc1. The summed E-state index contributed by atoms with van der Waals surface area (Å²) in [5, 5.41) is 2.63. The lowest BCUT2D eigenvalue weighted by Crippen LogP contribution is -2.27. The van der Waals surface area contributed by atoms with Gasteiger partial charge in [0.2, 0.25) is 5.91 Å². The van der Waals surface area contributed by atoms with Gasteiger partial charge in [0.25, 0.3) is 0 Å². The van der Waals surface area contributed by atoms with E-state index in [1.165, 1.54) is 0 Å². The van der Waals surface area contributed by atoms with Crippen molar-refractivity contribution in [2.45, 2.75) is 19.8 Å². The summed E-state index contributed by atoms with van der Waals surface area (Å²) in [6.45, 7) is 2.64. The second kappa shape index (κ2) is 8.79. The van der Waals surface area contributed by atoms with Gasteiger partial charge in [-0.05, 0) is 31.2 Å². The minimum Gasteiger partial charge on any atom is -0.493 e. The number of carbonyl (C=O) groups excluding carboxylic acids is 2. The molecule has 1 aromatic rings. The Balaban J connectivity index is 2.11. The van der Waals surface area contributed by atoms with Gasteiger partial charge in [0.15, 0.2) is 0 Å². The minimum atomic E-state index is -0.314. The number of hydrogen-bond donors (Lipinski definition) is 2. The summed E-state index contributed by atoms with van der Waals surface area (Å²) in [4.78, 5) is 22.5. The van der Waals surface area contributed by atoms with E-state index >= 15 is 0 Å². The van der Waals surface area contributed by atoms with Crippen LogP contribution < -0.4 is 15.8 Å². The zero-order valence-corrected chi connectivity index (χ0v) is 11.6. The van der Waals surface area contributed by atoms with E-state index in [1.807, 2.05) is 0 Å². The van der Waals surface area contributed by atoms with Gasteiger partial charge in [-0.2, -0.15) is 0 Å². The molecule has 0 unspecified atom stereocenters. The Morgan fingerprint density at radius 2 is 1.90 bits per heavy atom. The fraction of sp³-hybridized carbons (Fsp3) is 0.429. The quantitative estimate of drug-likeness (QED) is 0.550. The van der Waals surface area contributed by atoms with Crippen LogP contribution in [0.15, 0.2) is 24.3 Å². The third kappa shape index (κ3) is 6.63. The van der Waals surface area contributed by atoms with Crippen LogP contribution >= 0.6 is 0 Å². The lowest BCUT2D eigenvalue weighted by atomic mass is 10.3. The number of benzene rings is 1. The van der Waals surface area contributed by atoms with Crippen LogP contribution in [0.25, 0.3) is 0 Å². The molecule has 1 rings (SSSR count). The van der Waals surface area contributed by atoms with E-state index < -0.39 is 0 Å². The average Bonchev–Trinajstić information content (AvgIpc) is 2.41. The third-order valence-corrected chi connectivity index (χ3v) is 2.43. The van der Waals surface area contributed by atoms with Crippen LogP contribution in [0.1, 0.15) is 19.8 Å². The molecule has 0 saturated carbocycles. The van der Waals surface area contributed by atoms with Crippen molar-refractivity contribution >= 4 is 17.6 Å². The number of esters is 1. The summed E-state index contributed by atoms with van der Waals surface area (Å²) < 4.78 is 10.1. The molecule has 0 atom stereocenters. The van der Waals surface area contributed by atoms with E-state index in [4.69, 9.17) is 15.2 Å². The summed E-state index contributed by atoms with van der Waals surface area (Å²) >= 11 is 0. The molecule has 0 fully saturated rings. The highest BCUT2D eigenvalue weighted by Crippen LogP contribution is 2.12. The van der Waals surface area contributed by atoms with Crippen molar-refractivity contribution in [2.75, 3.05) is 25.5 Å². The van der Waals surface area contributed by atoms with Crippen LogP contribution in [0.5, 0.6) is 5.75 Å². The van der Waals surface area contributed by atoms with E-state index in [1.54, 1.807) is 31.2 Å². The Morgan fingerprint density at radius 1 is 1.20 bits per heavy atom. The number of ether oxygens (including phenoxy) is 2. The zero-order chi connectivity index (χ0) is 14.8. The molecule has 0 aromatic heterocycles. The first-order valence-corrected chi connectivity index (χ1v) is 6.52. The maximum Gasteiger partial charge on any atom is 0.307 e. The fourth-order valence-electron chi connectivity index (χ4n) is 1.45. The summed E-state index contributed by atoms with van der Waals surface area (Å²) in [6, 6.07) is 6.95. The second-order valence-electron chi connectivity index (χ2n) is 4.07. The number of nitrogens with two attached hydrogens (primary N) is 1. The number of rotatable bonds is 8. The van der Waals surface area contributed by atoms with Crippen LogP contribution in [0.4, 0.5) is 5.69 Å². The monoisotopic (exact) mass is 280 g/mol. The molecule has 0 radical (unpaired) electrons. The van der Waals surface area contributed by atoms with Crippen molar-refractivity contribution in [3.8, 4) is 5.75 Å². The molecule has 0 spiro atoms. The average molecular weight is 280 g/mol. The largest absolute Gasteiger partial charge is 0.493 e. The molecule has 1 aromatic carbocycles. The number of amides is 1. The summed E-state index contributed by atoms with van der Waals surface area (Å²) in [5.41, 5.74) is 6.21. The highest BCUT2D eigenvalue weighted by atomic mass is 16.5. The Kier molecular flexibility index (Phi) is 6.95. The molecule has 0 aliphatic heterocycles. The van der Waals surface area contributed by atoms with Gasteiger partial charge >= 0.3 is 5.97 Å². The molecular formula is C14H20N2O4. The Bertz CT molecular complexity index is 431. The van der Waals surface area contributed by atoms with E-state index in [-0.39, 0.29) is 37.9 Å². The van der Waals surface area contributed by atoms with Crippen molar-refractivity contribution in [1.29, 1.82) is 0 Å². The van der Waals surface area contributed by atoms with Crippen molar-refractivity contribution in [3.63, 3.8) is 0 Å². The second-order valence-corrected chi connectivity index (χ2v) is 4.07. The summed E-state index contributed by atoms with van der Waals surface area (Å²) in [6.07, 6.45) is 0.408. The molecule has 0 heterocycles. The molecular weight excluding hydrogens is 260 g/mol. The zero-order valence-electron chi connectivity index (χ0n) is 11.6. The van der Waals surface area contributed by atoms with Crippen molar-refractivity contribution < 1.29 is 19.1 Å². The Hall–Kier alpha value is -2.24. The standard InChI is InChI=1S/C14H20N2O4/c1-2-19-14(18)7-9-16-13(17)8-10-20-12-5-3-11(15)4-6-12/h3-6H,2,7-10,15H2,1H3,(H,16,17). The molecule has 0 saturated heterocycles. The highest BCUT2D eigenvalue weighted by Gasteiger charge is 2.05. The lowest BCUT2D eigenvalue weighted by Gasteiger charge is -2.07. The molecule has 110 valence electrons. The molecule has 6 heteroatoms. The van der Waals surface area contributed by atoms with Crippen molar-refractivity contribution in [1.82, 2.24) is 5.32 Å². The Morgan fingerprint density at radius 3 is 2.55 bits per heavy atom. The number of nitrogens with one attached hydrogen (secondary N) is 1. The molecule has 20 heavy (non-hydrogen) atoms. The van der Waals surface area contributed by atoms with E-state index in [9.17, 15) is 9.59 Å². The van der Waals surface area contributed by atoms with Gasteiger partial charge in [-0.1, -0.05) is 0 Å². The van der Waals surface area contributed by atoms with Crippen LogP contribution in [-0.4, -0.2) is 31.6 Å². The molecule has 0 aliphatic rings. The molecule has 0 aliphatic carbocycles. The fourth-order valence-corrected chi connectivity index (χ4v) is 1.45. The van der Waals surface area contributed by atoms with Gasteiger partial charge in [0.05, 0.1) is 26.1 Å². The van der Waals surface area contributed by atoms with Crippen molar-refractivity contribution in [3.05, 3.63) is 24.3 Å².